The van der Waals surface area contributed by atoms with E-state index in [-0.39, 0.29) is 5.69 Å². The molecule has 0 aliphatic rings. The van der Waals surface area contributed by atoms with Gasteiger partial charge in [-0.3, -0.25) is 10.1 Å². The maximum Gasteiger partial charge on any atom is 0.311 e. The van der Waals surface area contributed by atoms with Crippen LogP contribution in [0.15, 0.2) is 12.3 Å². The third kappa shape index (κ3) is 4.64. The van der Waals surface area contributed by atoms with Crippen LogP contribution in [0.5, 0.6) is 0 Å². The Hall–Kier alpha value is -1.73. The van der Waals surface area contributed by atoms with Gasteiger partial charge in [-0.25, -0.2) is 4.98 Å². The Balaban J connectivity index is 2.44. The topological polar surface area (TPSA) is 89.3 Å². The van der Waals surface area contributed by atoms with Gasteiger partial charge in [0.05, 0.1) is 11.5 Å². The molecule has 18 heavy (non-hydrogen) atoms. The van der Waals surface area contributed by atoms with Gasteiger partial charge in [-0.05, 0) is 12.5 Å². The van der Waals surface area contributed by atoms with E-state index in [0.717, 1.165) is 12.1 Å². The quantitative estimate of drug-likeness (QED) is 0.408. The molecule has 1 aromatic rings. The Morgan fingerprint density at radius 1 is 1.44 bits per heavy atom. The summed E-state index contributed by atoms with van der Waals surface area (Å²) >= 11 is 0. The number of anilines is 1. The van der Waals surface area contributed by atoms with Crippen molar-refractivity contribution >= 4 is 11.5 Å². The summed E-state index contributed by atoms with van der Waals surface area (Å²) in [5.41, 5.74) is 0.775. The number of hydrogen-bond acceptors (Lipinski definition) is 6. The summed E-state index contributed by atoms with van der Waals surface area (Å²) in [5.74, 6) is 0.305. The van der Waals surface area contributed by atoms with E-state index in [1.807, 2.05) is 0 Å². The second-order valence-corrected chi connectivity index (χ2v) is 3.81. The van der Waals surface area contributed by atoms with Gasteiger partial charge in [0, 0.05) is 39.0 Å². The van der Waals surface area contributed by atoms with Crippen molar-refractivity contribution in [3.63, 3.8) is 0 Å². The fourth-order valence-electron chi connectivity index (χ4n) is 1.40. The molecule has 2 N–H and O–H groups in total. The molecule has 0 bridgehead atoms. The van der Waals surface area contributed by atoms with Crippen molar-refractivity contribution in [1.82, 2.24) is 10.3 Å². The highest BCUT2D eigenvalue weighted by molar-refractivity contribution is 5.56. The monoisotopic (exact) mass is 254 g/mol. The minimum absolute atomic E-state index is 0.00638. The zero-order valence-corrected chi connectivity index (χ0v) is 10.6. The van der Waals surface area contributed by atoms with Gasteiger partial charge in [-0.15, -0.1) is 0 Å². The van der Waals surface area contributed by atoms with Gasteiger partial charge < -0.3 is 15.4 Å². The molecule has 0 aromatic carbocycles. The van der Waals surface area contributed by atoms with E-state index in [9.17, 15) is 10.1 Å². The SMILES string of the molecule is COCCNCCNc1ncc(C)cc1[N+](=O)[O-]. The summed E-state index contributed by atoms with van der Waals surface area (Å²) in [7, 11) is 1.64. The third-order valence-corrected chi connectivity index (χ3v) is 2.28. The number of pyridine rings is 1. The minimum Gasteiger partial charge on any atom is -0.383 e. The smallest absolute Gasteiger partial charge is 0.311 e. The lowest BCUT2D eigenvalue weighted by Crippen LogP contribution is -2.25. The Labute approximate surface area is 106 Å². The van der Waals surface area contributed by atoms with Crippen LogP contribution in [0.2, 0.25) is 0 Å². The Morgan fingerprint density at radius 3 is 2.89 bits per heavy atom. The van der Waals surface area contributed by atoms with Crippen LogP contribution >= 0.6 is 0 Å². The van der Waals surface area contributed by atoms with Crippen LogP contribution in [-0.2, 0) is 4.74 Å². The van der Waals surface area contributed by atoms with Gasteiger partial charge in [-0.1, -0.05) is 0 Å². The molecule has 7 nitrogen and oxygen atoms in total. The minimum atomic E-state index is -0.430. The molecule has 1 rings (SSSR count). The first-order chi connectivity index (χ1) is 8.65. The number of aryl methyl sites for hydroxylation is 1. The zero-order valence-electron chi connectivity index (χ0n) is 10.6. The molecule has 0 spiro atoms. The number of nitrogens with zero attached hydrogens (tertiary/aromatic N) is 2. The summed E-state index contributed by atoms with van der Waals surface area (Å²) < 4.78 is 4.89. The molecule has 0 radical (unpaired) electrons. The molecule has 0 unspecified atom stereocenters. The van der Waals surface area contributed by atoms with Crippen molar-refractivity contribution in [2.24, 2.45) is 0 Å². The fourth-order valence-corrected chi connectivity index (χ4v) is 1.40. The molecule has 100 valence electrons. The van der Waals surface area contributed by atoms with Crippen LogP contribution in [0, 0.1) is 17.0 Å². The molecule has 0 aliphatic heterocycles. The van der Waals surface area contributed by atoms with Gasteiger partial charge in [0.1, 0.15) is 0 Å². The summed E-state index contributed by atoms with van der Waals surface area (Å²) in [5, 5.41) is 16.9. The summed E-state index contributed by atoms with van der Waals surface area (Å²) in [6.45, 7) is 4.43. The largest absolute Gasteiger partial charge is 0.383 e. The lowest BCUT2D eigenvalue weighted by atomic mass is 10.3. The predicted molar refractivity (Wildman–Crippen MR) is 68.9 cm³/mol. The van der Waals surface area contributed by atoms with Crippen molar-refractivity contribution in [3.05, 3.63) is 27.9 Å². The van der Waals surface area contributed by atoms with Crippen molar-refractivity contribution in [3.8, 4) is 0 Å². The lowest BCUT2D eigenvalue weighted by Gasteiger charge is -2.07. The molecular weight excluding hydrogens is 236 g/mol. The highest BCUT2D eigenvalue weighted by Gasteiger charge is 2.14. The van der Waals surface area contributed by atoms with Crippen LogP contribution in [-0.4, -0.2) is 43.3 Å². The first kappa shape index (κ1) is 14.3. The average Bonchev–Trinajstić information content (AvgIpc) is 2.35. The summed E-state index contributed by atoms with van der Waals surface area (Å²) in [6, 6.07) is 1.51. The van der Waals surface area contributed by atoms with Gasteiger partial charge >= 0.3 is 5.69 Å². The fraction of sp³-hybridized carbons (Fsp3) is 0.545. The van der Waals surface area contributed by atoms with E-state index in [1.165, 1.54) is 6.07 Å². The zero-order chi connectivity index (χ0) is 13.4. The molecule has 0 aliphatic carbocycles. The molecule has 7 heteroatoms. The molecule has 0 saturated heterocycles. The van der Waals surface area contributed by atoms with Crippen molar-refractivity contribution in [2.45, 2.75) is 6.92 Å². The Kier molecular flexibility index (Phi) is 6.03. The number of nitrogens with one attached hydrogen (secondary N) is 2. The van der Waals surface area contributed by atoms with E-state index < -0.39 is 4.92 Å². The normalized spacial score (nSPS) is 10.3. The highest BCUT2D eigenvalue weighted by Crippen LogP contribution is 2.21. The Morgan fingerprint density at radius 2 is 2.22 bits per heavy atom. The summed E-state index contributed by atoms with van der Waals surface area (Å²) in [4.78, 5) is 14.4. The number of methoxy groups -OCH3 is 1. The average molecular weight is 254 g/mol. The number of aromatic nitrogens is 1. The molecule has 0 saturated carbocycles. The molecule has 0 amide bonds. The van der Waals surface area contributed by atoms with E-state index in [0.29, 0.717) is 25.5 Å². The van der Waals surface area contributed by atoms with Gasteiger partial charge in [0.15, 0.2) is 0 Å². The molecule has 0 fully saturated rings. The standard InChI is InChI=1S/C11H18N4O3/c1-9-7-10(15(16)17)11(14-8-9)13-4-3-12-5-6-18-2/h7-8,12H,3-6H2,1-2H3,(H,13,14). The number of ether oxygens (including phenoxy) is 1. The second kappa shape index (κ2) is 7.57. The second-order valence-electron chi connectivity index (χ2n) is 3.81. The Bertz CT molecular complexity index is 398. The summed E-state index contributed by atoms with van der Waals surface area (Å²) in [6.07, 6.45) is 1.60. The van der Waals surface area contributed by atoms with Gasteiger partial charge in [0.25, 0.3) is 0 Å². The van der Waals surface area contributed by atoms with E-state index in [2.05, 4.69) is 15.6 Å². The lowest BCUT2D eigenvalue weighted by molar-refractivity contribution is -0.384. The number of rotatable bonds is 8. The first-order valence-corrected chi connectivity index (χ1v) is 5.69. The first-order valence-electron chi connectivity index (χ1n) is 5.69. The van der Waals surface area contributed by atoms with E-state index >= 15 is 0 Å². The van der Waals surface area contributed by atoms with Crippen LogP contribution < -0.4 is 10.6 Å². The van der Waals surface area contributed by atoms with Crippen LogP contribution in [0.25, 0.3) is 0 Å². The maximum absolute atomic E-state index is 10.8. The molecule has 0 atom stereocenters. The van der Waals surface area contributed by atoms with Crippen LogP contribution in [0.4, 0.5) is 11.5 Å². The highest BCUT2D eigenvalue weighted by atomic mass is 16.6. The van der Waals surface area contributed by atoms with Gasteiger partial charge in [0.2, 0.25) is 5.82 Å². The van der Waals surface area contributed by atoms with E-state index in [4.69, 9.17) is 4.74 Å². The number of hydrogen-bond donors (Lipinski definition) is 2. The maximum atomic E-state index is 10.8. The van der Waals surface area contributed by atoms with Crippen LogP contribution in [0.3, 0.4) is 0 Å². The predicted octanol–water partition coefficient (Wildman–Crippen LogP) is 0.946. The van der Waals surface area contributed by atoms with E-state index in [1.54, 1.807) is 20.2 Å². The molecular formula is C11H18N4O3. The van der Waals surface area contributed by atoms with Crippen LogP contribution in [0.1, 0.15) is 5.56 Å². The van der Waals surface area contributed by atoms with Crippen molar-refractivity contribution < 1.29 is 9.66 Å². The molecule has 1 heterocycles. The van der Waals surface area contributed by atoms with Crippen molar-refractivity contribution in [2.75, 3.05) is 38.7 Å². The third-order valence-electron chi connectivity index (χ3n) is 2.28. The number of nitro groups is 1. The van der Waals surface area contributed by atoms with Gasteiger partial charge in [-0.2, -0.15) is 0 Å². The van der Waals surface area contributed by atoms with Crippen molar-refractivity contribution in [1.29, 1.82) is 0 Å². The molecule has 1 aromatic heterocycles.